The molecule has 0 unspecified atom stereocenters. The smallest absolute Gasteiger partial charge is 0.235 e. The highest BCUT2D eigenvalue weighted by molar-refractivity contribution is 7.16. The number of aromatic nitrogens is 4. The zero-order valence-electron chi connectivity index (χ0n) is 12.2. The summed E-state index contributed by atoms with van der Waals surface area (Å²) in [6, 6.07) is 14.6. The fourth-order valence-electron chi connectivity index (χ4n) is 2.17. The number of halogens is 2. The lowest BCUT2D eigenvalue weighted by atomic mass is 10.2. The summed E-state index contributed by atoms with van der Waals surface area (Å²) in [6.45, 7) is 0.357. The average molecular weight is 377 g/mol. The molecule has 120 valence electrons. The van der Waals surface area contributed by atoms with Gasteiger partial charge in [-0.2, -0.15) is 9.61 Å². The third kappa shape index (κ3) is 3.08. The zero-order valence-corrected chi connectivity index (χ0v) is 14.5. The van der Waals surface area contributed by atoms with E-state index in [1.54, 1.807) is 16.6 Å². The Bertz CT molecular complexity index is 980. The van der Waals surface area contributed by atoms with Crippen molar-refractivity contribution in [3.8, 4) is 17.1 Å². The van der Waals surface area contributed by atoms with Crippen molar-refractivity contribution >= 4 is 39.5 Å². The summed E-state index contributed by atoms with van der Waals surface area (Å²) in [5.41, 5.74) is 0.905. The van der Waals surface area contributed by atoms with E-state index in [1.807, 2.05) is 36.4 Å². The van der Waals surface area contributed by atoms with Gasteiger partial charge in [-0.3, -0.25) is 0 Å². The van der Waals surface area contributed by atoms with Crippen LogP contribution in [0.1, 0.15) is 5.01 Å². The molecule has 0 bridgehead atoms. The molecule has 0 N–H and O–H groups in total. The first-order valence-corrected chi connectivity index (χ1v) is 8.62. The first-order valence-electron chi connectivity index (χ1n) is 7.04. The lowest BCUT2D eigenvalue weighted by Gasteiger charge is -2.03. The van der Waals surface area contributed by atoms with Crippen molar-refractivity contribution < 1.29 is 4.74 Å². The van der Waals surface area contributed by atoms with Gasteiger partial charge in [0.15, 0.2) is 10.8 Å². The molecule has 2 aromatic heterocycles. The van der Waals surface area contributed by atoms with Gasteiger partial charge in [-0.15, -0.1) is 10.2 Å². The minimum atomic E-state index is 0.357. The van der Waals surface area contributed by atoms with Crippen LogP contribution in [0, 0.1) is 0 Å². The molecule has 8 heteroatoms. The van der Waals surface area contributed by atoms with E-state index >= 15 is 0 Å². The molecule has 0 saturated heterocycles. The van der Waals surface area contributed by atoms with Crippen molar-refractivity contribution in [1.82, 2.24) is 19.8 Å². The lowest BCUT2D eigenvalue weighted by molar-refractivity contribution is 0.304. The minimum absolute atomic E-state index is 0.357. The van der Waals surface area contributed by atoms with Gasteiger partial charge in [0.1, 0.15) is 12.4 Å². The fraction of sp³-hybridized carbons (Fsp3) is 0.0625. The Balaban J connectivity index is 1.57. The predicted octanol–water partition coefficient (Wildman–Crippen LogP) is 4.74. The van der Waals surface area contributed by atoms with E-state index in [0.717, 1.165) is 21.3 Å². The summed E-state index contributed by atoms with van der Waals surface area (Å²) in [7, 11) is 0. The first-order chi connectivity index (χ1) is 11.7. The molecule has 0 amide bonds. The molecular weight excluding hydrogens is 367 g/mol. The maximum Gasteiger partial charge on any atom is 0.235 e. The Morgan fingerprint density at radius 2 is 1.58 bits per heavy atom. The van der Waals surface area contributed by atoms with Gasteiger partial charge < -0.3 is 4.74 Å². The summed E-state index contributed by atoms with van der Waals surface area (Å²) >= 11 is 13.2. The zero-order chi connectivity index (χ0) is 16.5. The highest BCUT2D eigenvalue weighted by Gasteiger charge is 2.13. The van der Waals surface area contributed by atoms with Crippen LogP contribution in [0.4, 0.5) is 0 Å². The maximum absolute atomic E-state index is 5.92. The number of nitrogens with zero attached hydrogens (tertiary/aromatic N) is 4. The van der Waals surface area contributed by atoms with Crippen LogP contribution in [0.3, 0.4) is 0 Å². The normalized spacial score (nSPS) is 11.1. The van der Waals surface area contributed by atoms with E-state index in [4.69, 9.17) is 27.9 Å². The third-order valence-electron chi connectivity index (χ3n) is 3.31. The maximum atomic E-state index is 5.92. The number of hydrogen-bond acceptors (Lipinski definition) is 5. The van der Waals surface area contributed by atoms with Crippen LogP contribution in [-0.2, 0) is 6.61 Å². The predicted molar refractivity (Wildman–Crippen MR) is 94.9 cm³/mol. The lowest BCUT2D eigenvalue weighted by Crippen LogP contribution is -1.97. The van der Waals surface area contributed by atoms with Crippen molar-refractivity contribution in [2.75, 3.05) is 0 Å². The van der Waals surface area contributed by atoms with Crippen LogP contribution >= 0.6 is 34.5 Å². The summed E-state index contributed by atoms with van der Waals surface area (Å²) < 4.78 is 7.43. The second-order valence-electron chi connectivity index (χ2n) is 4.96. The minimum Gasteiger partial charge on any atom is -0.486 e. The van der Waals surface area contributed by atoms with Gasteiger partial charge in [-0.25, -0.2) is 0 Å². The molecule has 0 aliphatic rings. The summed E-state index contributed by atoms with van der Waals surface area (Å²) in [5.74, 6) is 1.42. The van der Waals surface area contributed by atoms with E-state index in [-0.39, 0.29) is 0 Å². The van der Waals surface area contributed by atoms with Gasteiger partial charge in [0, 0.05) is 15.6 Å². The molecule has 0 spiro atoms. The SMILES string of the molecule is Clc1ccc(OCc2nn3c(-c4ccc(Cl)cc4)nnc3s2)cc1. The van der Waals surface area contributed by atoms with Crippen molar-refractivity contribution in [1.29, 1.82) is 0 Å². The van der Waals surface area contributed by atoms with Crippen molar-refractivity contribution in [2.24, 2.45) is 0 Å². The Kier molecular flexibility index (Phi) is 4.10. The van der Waals surface area contributed by atoms with Crippen LogP contribution in [-0.4, -0.2) is 19.8 Å². The van der Waals surface area contributed by atoms with Gasteiger partial charge in [0.2, 0.25) is 4.96 Å². The topological polar surface area (TPSA) is 52.3 Å². The average Bonchev–Trinajstić information content (AvgIpc) is 3.15. The van der Waals surface area contributed by atoms with Crippen LogP contribution in [0.25, 0.3) is 16.3 Å². The largest absolute Gasteiger partial charge is 0.486 e. The molecule has 0 aliphatic heterocycles. The monoisotopic (exact) mass is 376 g/mol. The second kappa shape index (κ2) is 6.39. The van der Waals surface area contributed by atoms with Gasteiger partial charge >= 0.3 is 0 Å². The van der Waals surface area contributed by atoms with E-state index < -0.39 is 0 Å². The van der Waals surface area contributed by atoms with E-state index in [2.05, 4.69) is 15.3 Å². The highest BCUT2D eigenvalue weighted by Crippen LogP contribution is 2.24. The Morgan fingerprint density at radius 3 is 2.29 bits per heavy atom. The summed E-state index contributed by atoms with van der Waals surface area (Å²) in [6.07, 6.45) is 0. The van der Waals surface area contributed by atoms with Crippen LogP contribution in [0.2, 0.25) is 10.0 Å². The fourth-order valence-corrected chi connectivity index (χ4v) is 3.17. The number of fused-ring (bicyclic) bond motifs is 1. The van der Waals surface area contributed by atoms with Crippen molar-refractivity contribution in [3.05, 3.63) is 63.6 Å². The Morgan fingerprint density at radius 1 is 0.917 bits per heavy atom. The second-order valence-corrected chi connectivity index (χ2v) is 6.88. The third-order valence-corrected chi connectivity index (χ3v) is 4.69. The quantitative estimate of drug-likeness (QED) is 0.516. The van der Waals surface area contributed by atoms with Gasteiger partial charge in [0.05, 0.1) is 0 Å². The van der Waals surface area contributed by atoms with Gasteiger partial charge in [-0.1, -0.05) is 34.5 Å². The van der Waals surface area contributed by atoms with Crippen molar-refractivity contribution in [3.63, 3.8) is 0 Å². The van der Waals surface area contributed by atoms with Gasteiger partial charge in [0.25, 0.3) is 0 Å². The molecule has 2 heterocycles. The number of hydrogen-bond donors (Lipinski definition) is 0. The number of benzene rings is 2. The number of ether oxygens (including phenoxy) is 1. The molecule has 0 fully saturated rings. The Labute approximate surface area is 151 Å². The van der Waals surface area contributed by atoms with Gasteiger partial charge in [-0.05, 0) is 48.5 Å². The molecule has 0 atom stereocenters. The van der Waals surface area contributed by atoms with Crippen LogP contribution in [0.15, 0.2) is 48.5 Å². The van der Waals surface area contributed by atoms with E-state index in [9.17, 15) is 0 Å². The van der Waals surface area contributed by atoms with E-state index in [1.165, 1.54) is 11.3 Å². The molecule has 24 heavy (non-hydrogen) atoms. The van der Waals surface area contributed by atoms with E-state index in [0.29, 0.717) is 22.5 Å². The van der Waals surface area contributed by atoms with Crippen LogP contribution < -0.4 is 4.74 Å². The first kappa shape index (κ1) is 15.4. The number of rotatable bonds is 4. The molecular formula is C16H10Cl2N4OS. The highest BCUT2D eigenvalue weighted by atomic mass is 35.5. The summed E-state index contributed by atoms with van der Waals surface area (Å²) in [4.78, 5) is 0.717. The van der Waals surface area contributed by atoms with Crippen LogP contribution in [0.5, 0.6) is 5.75 Å². The standard InChI is InChI=1S/C16H10Cl2N4OS/c17-11-3-1-10(2-4-11)15-19-20-16-22(15)21-14(24-16)9-23-13-7-5-12(18)6-8-13/h1-8H,9H2. The molecule has 4 aromatic rings. The summed E-state index contributed by atoms with van der Waals surface area (Å²) in [5, 5.41) is 15.0. The molecule has 0 radical (unpaired) electrons. The van der Waals surface area contributed by atoms with Crippen molar-refractivity contribution in [2.45, 2.75) is 6.61 Å². The molecule has 0 saturated carbocycles. The molecule has 2 aromatic carbocycles. The molecule has 4 rings (SSSR count). The molecule has 0 aliphatic carbocycles. The Hall–Kier alpha value is -2.15. The molecule has 5 nitrogen and oxygen atoms in total.